The average Bonchev–Trinajstić information content (AvgIpc) is 2.53. The van der Waals surface area contributed by atoms with Crippen molar-refractivity contribution in [3.63, 3.8) is 0 Å². The van der Waals surface area contributed by atoms with E-state index in [1.54, 1.807) is 0 Å². The molecule has 3 nitrogen and oxygen atoms in total. The average molecular weight is 348 g/mol. The zero-order valence-corrected chi connectivity index (χ0v) is 13.6. The zero-order valence-electron chi connectivity index (χ0n) is 12.0. The lowest BCUT2D eigenvalue weighted by Crippen LogP contribution is -2.22. The third-order valence-electron chi connectivity index (χ3n) is 3.68. The Morgan fingerprint density at radius 2 is 2.14 bits per heavy atom. The first-order valence-corrected chi connectivity index (χ1v) is 8.25. The number of ether oxygens (including phenoxy) is 2. The molecule has 1 atom stereocenters. The van der Waals surface area contributed by atoms with E-state index in [1.165, 1.54) is 11.1 Å². The molecule has 0 N–H and O–H groups in total. The van der Waals surface area contributed by atoms with E-state index >= 15 is 0 Å². The number of halogens is 1. The van der Waals surface area contributed by atoms with Crippen molar-refractivity contribution in [1.29, 1.82) is 0 Å². The molecule has 1 aliphatic heterocycles. The Balaban J connectivity index is 1.74. The maximum Gasteiger partial charge on any atom is 0.141 e. The summed E-state index contributed by atoms with van der Waals surface area (Å²) in [7, 11) is 0. The number of aryl methyl sites for hydroxylation is 1. The number of pyridine rings is 1. The number of rotatable bonds is 4. The number of benzene rings is 1. The smallest absolute Gasteiger partial charge is 0.141 e. The number of hydrogen-bond donors (Lipinski definition) is 0. The van der Waals surface area contributed by atoms with Gasteiger partial charge in [0.25, 0.3) is 0 Å². The second-order valence-corrected chi connectivity index (χ2v) is 5.71. The molecule has 0 saturated heterocycles. The van der Waals surface area contributed by atoms with E-state index < -0.39 is 0 Å². The molecule has 1 aromatic carbocycles. The summed E-state index contributed by atoms with van der Waals surface area (Å²) < 4.78 is 11.8. The van der Waals surface area contributed by atoms with Crippen molar-refractivity contribution < 1.29 is 9.47 Å². The summed E-state index contributed by atoms with van der Waals surface area (Å²) in [6.07, 6.45) is 0.977. The molecule has 1 unspecified atom stereocenters. The molecule has 110 valence electrons. The Bertz CT molecular complexity index is 630. The Hall–Kier alpha value is -1.39. The van der Waals surface area contributed by atoms with Gasteiger partial charge < -0.3 is 9.47 Å². The summed E-state index contributed by atoms with van der Waals surface area (Å²) >= 11 is 3.46. The molecule has 3 rings (SSSR count). The predicted molar refractivity (Wildman–Crippen MR) is 85.9 cm³/mol. The summed E-state index contributed by atoms with van der Waals surface area (Å²) in [5, 5.41) is 0.687. The molecule has 0 spiro atoms. The van der Waals surface area contributed by atoms with Gasteiger partial charge in [-0.15, -0.1) is 0 Å². The van der Waals surface area contributed by atoms with Gasteiger partial charge in [0.2, 0.25) is 0 Å². The first kappa shape index (κ1) is 14.5. The van der Waals surface area contributed by atoms with Crippen molar-refractivity contribution in [2.45, 2.75) is 24.8 Å². The fraction of sp³-hybridized carbons (Fsp3) is 0.353. The molecule has 0 radical (unpaired) electrons. The van der Waals surface area contributed by atoms with Crippen LogP contribution in [-0.2, 0) is 16.5 Å². The van der Waals surface area contributed by atoms with Gasteiger partial charge in [-0.1, -0.05) is 40.2 Å². The van der Waals surface area contributed by atoms with Crippen LogP contribution in [0.25, 0.3) is 0 Å². The van der Waals surface area contributed by atoms with Gasteiger partial charge >= 0.3 is 0 Å². The predicted octanol–water partition coefficient (Wildman–Crippen LogP) is 3.98. The van der Waals surface area contributed by atoms with Crippen LogP contribution in [0.2, 0.25) is 0 Å². The summed E-state index contributed by atoms with van der Waals surface area (Å²) in [5.74, 6) is 0.823. The van der Waals surface area contributed by atoms with Crippen LogP contribution in [0.15, 0.2) is 36.4 Å². The lowest BCUT2D eigenvalue weighted by atomic mass is 9.98. The quantitative estimate of drug-likeness (QED) is 0.784. The maximum atomic E-state index is 5.96. The third kappa shape index (κ3) is 3.27. The van der Waals surface area contributed by atoms with E-state index in [-0.39, 0.29) is 6.10 Å². The van der Waals surface area contributed by atoms with Crippen molar-refractivity contribution in [2.24, 2.45) is 0 Å². The van der Waals surface area contributed by atoms with Crippen molar-refractivity contribution in [2.75, 3.05) is 13.2 Å². The first-order valence-electron chi connectivity index (χ1n) is 7.12. The van der Waals surface area contributed by atoms with Crippen LogP contribution < -0.4 is 4.74 Å². The Labute approximate surface area is 133 Å². The summed E-state index contributed by atoms with van der Waals surface area (Å²) in [6.45, 7) is 3.25. The van der Waals surface area contributed by atoms with E-state index in [4.69, 9.17) is 9.47 Å². The van der Waals surface area contributed by atoms with Crippen LogP contribution in [0, 0.1) is 6.92 Å². The van der Waals surface area contributed by atoms with Crippen molar-refractivity contribution in [3.8, 4) is 5.75 Å². The van der Waals surface area contributed by atoms with E-state index in [0.29, 0.717) is 11.9 Å². The molecule has 21 heavy (non-hydrogen) atoms. The fourth-order valence-corrected chi connectivity index (χ4v) is 3.01. The van der Waals surface area contributed by atoms with E-state index in [1.807, 2.05) is 19.1 Å². The third-order valence-corrected chi connectivity index (χ3v) is 4.21. The van der Waals surface area contributed by atoms with Gasteiger partial charge in [0.1, 0.15) is 18.5 Å². The summed E-state index contributed by atoms with van der Waals surface area (Å²) in [5.41, 5.74) is 4.53. The lowest BCUT2D eigenvalue weighted by molar-refractivity contribution is 0.00994. The molecule has 0 fully saturated rings. The summed E-state index contributed by atoms with van der Waals surface area (Å²) in [6, 6.07) is 12.4. The molecular formula is C17H18BrNO2. The standard InChI is InChI=1S/C17H18BrNO2/c1-12-6-7-16(15(10-18)19-12)21-11-17-14-5-3-2-4-13(14)8-9-20-17/h2-7,17H,8-11H2,1H3. The highest BCUT2D eigenvalue weighted by Crippen LogP contribution is 2.28. The van der Waals surface area contributed by atoms with Crippen LogP contribution in [0.4, 0.5) is 0 Å². The number of hydrogen-bond acceptors (Lipinski definition) is 3. The minimum atomic E-state index is -0.000529. The molecule has 2 heterocycles. The van der Waals surface area contributed by atoms with Gasteiger partial charge in [0.05, 0.1) is 12.3 Å². The summed E-state index contributed by atoms with van der Waals surface area (Å²) in [4.78, 5) is 4.49. The van der Waals surface area contributed by atoms with Gasteiger partial charge in [-0.3, -0.25) is 4.98 Å². The molecule has 1 aliphatic rings. The molecule has 0 aliphatic carbocycles. The SMILES string of the molecule is Cc1ccc(OCC2OCCc3ccccc32)c(CBr)n1. The van der Waals surface area contributed by atoms with Crippen molar-refractivity contribution in [3.05, 3.63) is 58.9 Å². The van der Waals surface area contributed by atoms with Gasteiger partial charge in [-0.05, 0) is 36.6 Å². The second kappa shape index (κ2) is 6.58. The van der Waals surface area contributed by atoms with Crippen LogP contribution in [0.1, 0.15) is 28.6 Å². The first-order chi connectivity index (χ1) is 10.3. The van der Waals surface area contributed by atoms with Gasteiger partial charge in [-0.2, -0.15) is 0 Å². The molecular weight excluding hydrogens is 330 g/mol. The van der Waals surface area contributed by atoms with Crippen LogP contribution in [-0.4, -0.2) is 18.2 Å². The number of aromatic nitrogens is 1. The number of alkyl halides is 1. The lowest BCUT2D eigenvalue weighted by Gasteiger charge is -2.26. The Kier molecular flexibility index (Phi) is 4.56. The van der Waals surface area contributed by atoms with E-state index in [0.717, 1.165) is 30.2 Å². The minimum absolute atomic E-state index is 0.000529. The highest BCUT2D eigenvalue weighted by Gasteiger charge is 2.21. The topological polar surface area (TPSA) is 31.4 Å². The highest BCUT2D eigenvalue weighted by atomic mass is 79.9. The second-order valence-electron chi connectivity index (χ2n) is 5.15. The minimum Gasteiger partial charge on any atom is -0.489 e. The van der Waals surface area contributed by atoms with E-state index in [9.17, 15) is 0 Å². The fourth-order valence-electron chi connectivity index (χ4n) is 2.61. The molecule has 2 aromatic rings. The van der Waals surface area contributed by atoms with Crippen molar-refractivity contribution >= 4 is 15.9 Å². The van der Waals surface area contributed by atoms with Crippen LogP contribution in [0.5, 0.6) is 5.75 Å². The number of nitrogens with zero attached hydrogens (tertiary/aromatic N) is 1. The largest absolute Gasteiger partial charge is 0.489 e. The molecule has 4 heteroatoms. The maximum absolute atomic E-state index is 5.96. The van der Waals surface area contributed by atoms with E-state index in [2.05, 4.69) is 45.2 Å². The van der Waals surface area contributed by atoms with Crippen molar-refractivity contribution in [1.82, 2.24) is 4.98 Å². The number of fused-ring (bicyclic) bond motifs is 1. The van der Waals surface area contributed by atoms with Crippen LogP contribution in [0.3, 0.4) is 0 Å². The van der Waals surface area contributed by atoms with Gasteiger partial charge in [-0.25, -0.2) is 0 Å². The monoisotopic (exact) mass is 347 g/mol. The van der Waals surface area contributed by atoms with Gasteiger partial charge in [0.15, 0.2) is 0 Å². The molecule has 0 amide bonds. The molecule has 0 saturated carbocycles. The molecule has 1 aromatic heterocycles. The van der Waals surface area contributed by atoms with Gasteiger partial charge in [0, 0.05) is 11.0 Å². The molecule has 0 bridgehead atoms. The highest BCUT2D eigenvalue weighted by molar-refractivity contribution is 9.08. The Morgan fingerprint density at radius 1 is 1.29 bits per heavy atom. The normalized spacial score (nSPS) is 17.3. The zero-order chi connectivity index (χ0) is 14.7. The Morgan fingerprint density at radius 3 is 3.00 bits per heavy atom. The van der Waals surface area contributed by atoms with Crippen LogP contribution >= 0.6 is 15.9 Å².